The highest BCUT2D eigenvalue weighted by Crippen LogP contribution is 2.34. The Balaban J connectivity index is 1.94. The number of morpholine rings is 1. The maximum Gasteiger partial charge on any atom is 0.0757 e. The molecule has 112 valence electrons. The van der Waals surface area contributed by atoms with Crippen LogP contribution < -0.4 is 5.32 Å². The lowest BCUT2D eigenvalue weighted by atomic mass is 9.74. The van der Waals surface area contributed by atoms with Crippen molar-refractivity contribution in [2.75, 3.05) is 32.7 Å². The molecule has 0 aromatic heterocycles. The zero-order valence-electron chi connectivity index (χ0n) is 13.5. The number of rotatable bonds is 3. The van der Waals surface area contributed by atoms with Crippen LogP contribution in [-0.2, 0) is 4.74 Å². The molecule has 19 heavy (non-hydrogen) atoms. The van der Waals surface area contributed by atoms with Gasteiger partial charge in [0, 0.05) is 19.6 Å². The molecule has 0 bridgehead atoms. The zero-order chi connectivity index (χ0) is 14.1. The fourth-order valence-corrected chi connectivity index (χ4v) is 3.93. The summed E-state index contributed by atoms with van der Waals surface area (Å²) in [5.74, 6) is 0.808. The molecule has 2 rings (SSSR count). The van der Waals surface area contributed by atoms with Gasteiger partial charge in [0.15, 0.2) is 0 Å². The first-order chi connectivity index (χ1) is 8.78. The number of piperidine rings is 1. The van der Waals surface area contributed by atoms with Crippen molar-refractivity contribution in [3.05, 3.63) is 0 Å². The smallest absolute Gasteiger partial charge is 0.0757 e. The molecule has 2 aliphatic rings. The number of hydrogen-bond donors (Lipinski definition) is 1. The van der Waals surface area contributed by atoms with Crippen LogP contribution in [0.5, 0.6) is 0 Å². The van der Waals surface area contributed by atoms with E-state index in [0.29, 0.717) is 11.5 Å². The van der Waals surface area contributed by atoms with Gasteiger partial charge in [-0.3, -0.25) is 4.90 Å². The summed E-state index contributed by atoms with van der Waals surface area (Å²) in [7, 11) is 0. The lowest BCUT2D eigenvalue weighted by Gasteiger charge is -2.46. The first-order valence-corrected chi connectivity index (χ1v) is 7.89. The van der Waals surface area contributed by atoms with Gasteiger partial charge in [0.2, 0.25) is 0 Å². The predicted octanol–water partition coefficient (Wildman–Crippen LogP) is 2.51. The molecule has 2 heterocycles. The van der Waals surface area contributed by atoms with Crippen LogP contribution in [0.3, 0.4) is 0 Å². The van der Waals surface area contributed by atoms with Crippen LogP contribution in [0.25, 0.3) is 0 Å². The molecule has 0 radical (unpaired) electrons. The van der Waals surface area contributed by atoms with Gasteiger partial charge < -0.3 is 10.1 Å². The maximum absolute atomic E-state index is 6.01. The Kier molecular flexibility index (Phi) is 4.59. The van der Waals surface area contributed by atoms with Gasteiger partial charge in [0.05, 0.1) is 11.7 Å². The van der Waals surface area contributed by atoms with Crippen molar-refractivity contribution in [1.29, 1.82) is 0 Å². The second kappa shape index (κ2) is 5.71. The molecular formula is C16H32N2O. The third-order valence-electron chi connectivity index (χ3n) is 4.67. The largest absolute Gasteiger partial charge is 0.370 e. The molecule has 0 aliphatic carbocycles. The van der Waals surface area contributed by atoms with Gasteiger partial charge in [0.1, 0.15) is 0 Å². The fraction of sp³-hybridized carbons (Fsp3) is 1.00. The second-order valence-electron chi connectivity index (χ2n) is 7.89. The number of nitrogens with zero attached hydrogens (tertiary/aromatic N) is 1. The van der Waals surface area contributed by atoms with E-state index in [-0.39, 0.29) is 5.60 Å². The lowest BCUT2D eigenvalue weighted by Crippen LogP contribution is -2.55. The van der Waals surface area contributed by atoms with Crippen LogP contribution in [0.2, 0.25) is 0 Å². The van der Waals surface area contributed by atoms with E-state index in [2.05, 4.69) is 44.8 Å². The van der Waals surface area contributed by atoms with Gasteiger partial charge in [-0.15, -0.1) is 0 Å². The van der Waals surface area contributed by atoms with Gasteiger partial charge in [-0.25, -0.2) is 0 Å². The number of hydrogen-bond acceptors (Lipinski definition) is 3. The van der Waals surface area contributed by atoms with Crippen LogP contribution in [0, 0.1) is 11.3 Å². The van der Waals surface area contributed by atoms with Crippen molar-refractivity contribution in [2.45, 2.75) is 59.2 Å². The lowest BCUT2D eigenvalue weighted by molar-refractivity contribution is -0.136. The topological polar surface area (TPSA) is 24.5 Å². The minimum atomic E-state index is -0.00143. The van der Waals surface area contributed by atoms with E-state index in [9.17, 15) is 0 Å². The van der Waals surface area contributed by atoms with Crippen LogP contribution in [0.15, 0.2) is 0 Å². The van der Waals surface area contributed by atoms with Gasteiger partial charge in [-0.2, -0.15) is 0 Å². The molecule has 2 saturated heterocycles. The fourth-order valence-electron chi connectivity index (χ4n) is 3.93. The summed E-state index contributed by atoms with van der Waals surface area (Å²) in [6, 6.07) is 0. The summed E-state index contributed by atoms with van der Waals surface area (Å²) in [6.45, 7) is 17.2. The molecule has 3 heteroatoms. The number of ether oxygens (including phenoxy) is 1. The summed E-state index contributed by atoms with van der Waals surface area (Å²) in [6.07, 6.45) is 3.06. The molecule has 0 spiro atoms. The molecule has 3 nitrogen and oxygen atoms in total. The molecule has 1 N–H and O–H groups in total. The Hall–Kier alpha value is -0.120. The summed E-state index contributed by atoms with van der Waals surface area (Å²) in [5.41, 5.74) is 0.388. The molecule has 0 amide bonds. The first-order valence-electron chi connectivity index (χ1n) is 7.89. The molecule has 2 atom stereocenters. The van der Waals surface area contributed by atoms with Crippen LogP contribution in [-0.4, -0.2) is 49.3 Å². The van der Waals surface area contributed by atoms with E-state index >= 15 is 0 Å². The Morgan fingerprint density at radius 3 is 2.68 bits per heavy atom. The first kappa shape index (κ1) is 15.3. The third-order valence-corrected chi connectivity index (χ3v) is 4.67. The minimum Gasteiger partial charge on any atom is -0.370 e. The highest BCUT2D eigenvalue weighted by molar-refractivity contribution is 4.89. The van der Waals surface area contributed by atoms with Crippen LogP contribution in [0.1, 0.15) is 47.5 Å². The summed E-state index contributed by atoms with van der Waals surface area (Å²) >= 11 is 0. The van der Waals surface area contributed by atoms with Crippen molar-refractivity contribution < 1.29 is 4.74 Å². The summed E-state index contributed by atoms with van der Waals surface area (Å²) in [4.78, 5) is 2.61. The van der Waals surface area contributed by atoms with Crippen molar-refractivity contribution in [3.8, 4) is 0 Å². The standard InChI is InChI=1S/C16H32N2O/c1-13-10-18(12-16(4,5)19-13)11-15(2,3)14-7-6-8-17-9-14/h13-14,17H,6-12H2,1-5H3. The van der Waals surface area contributed by atoms with Crippen molar-refractivity contribution in [2.24, 2.45) is 11.3 Å². The van der Waals surface area contributed by atoms with Gasteiger partial charge in [-0.05, 0) is 58.0 Å². The van der Waals surface area contributed by atoms with Gasteiger partial charge >= 0.3 is 0 Å². The van der Waals surface area contributed by atoms with Crippen molar-refractivity contribution >= 4 is 0 Å². The summed E-state index contributed by atoms with van der Waals surface area (Å²) < 4.78 is 6.01. The molecule has 2 unspecified atom stereocenters. The van der Waals surface area contributed by atoms with Crippen molar-refractivity contribution in [3.63, 3.8) is 0 Å². The molecule has 0 saturated carbocycles. The van der Waals surface area contributed by atoms with Gasteiger partial charge in [0.25, 0.3) is 0 Å². The Bertz CT molecular complexity index is 295. The maximum atomic E-state index is 6.01. The van der Waals surface area contributed by atoms with E-state index in [1.165, 1.54) is 32.5 Å². The molecule has 0 aromatic carbocycles. The normalized spacial score (nSPS) is 33.3. The Labute approximate surface area is 119 Å². The average Bonchev–Trinajstić information content (AvgIpc) is 2.26. The predicted molar refractivity (Wildman–Crippen MR) is 80.4 cm³/mol. The minimum absolute atomic E-state index is 0.00143. The highest BCUT2D eigenvalue weighted by atomic mass is 16.5. The van der Waals surface area contributed by atoms with Gasteiger partial charge in [-0.1, -0.05) is 13.8 Å². The van der Waals surface area contributed by atoms with Crippen LogP contribution in [0.4, 0.5) is 0 Å². The Morgan fingerprint density at radius 2 is 2.11 bits per heavy atom. The zero-order valence-corrected chi connectivity index (χ0v) is 13.5. The Morgan fingerprint density at radius 1 is 1.37 bits per heavy atom. The van der Waals surface area contributed by atoms with Crippen LogP contribution >= 0.6 is 0 Å². The van der Waals surface area contributed by atoms with E-state index in [0.717, 1.165) is 19.0 Å². The highest BCUT2D eigenvalue weighted by Gasteiger charge is 2.37. The SMILES string of the molecule is CC1CN(CC(C)(C)C2CCCNC2)CC(C)(C)O1. The number of nitrogens with one attached hydrogen (secondary N) is 1. The molecular weight excluding hydrogens is 236 g/mol. The third kappa shape index (κ3) is 4.17. The van der Waals surface area contributed by atoms with E-state index < -0.39 is 0 Å². The average molecular weight is 268 g/mol. The molecule has 0 aromatic rings. The molecule has 2 fully saturated rings. The monoisotopic (exact) mass is 268 g/mol. The second-order valence-corrected chi connectivity index (χ2v) is 7.89. The van der Waals surface area contributed by atoms with E-state index in [4.69, 9.17) is 4.74 Å². The summed E-state index contributed by atoms with van der Waals surface area (Å²) in [5, 5.41) is 3.56. The van der Waals surface area contributed by atoms with Crippen molar-refractivity contribution in [1.82, 2.24) is 10.2 Å². The molecule has 2 aliphatic heterocycles. The quantitative estimate of drug-likeness (QED) is 0.851. The van der Waals surface area contributed by atoms with E-state index in [1.54, 1.807) is 0 Å². The van der Waals surface area contributed by atoms with E-state index in [1.807, 2.05) is 0 Å².